The summed E-state index contributed by atoms with van der Waals surface area (Å²) in [4.78, 5) is 22.9. The summed E-state index contributed by atoms with van der Waals surface area (Å²) in [6.07, 6.45) is -0.934. The van der Waals surface area contributed by atoms with E-state index in [9.17, 15) is 23.5 Å². The van der Waals surface area contributed by atoms with Gasteiger partial charge in [-0.05, 0) is 33.6 Å². The van der Waals surface area contributed by atoms with Crippen molar-refractivity contribution in [3.8, 4) is 0 Å². The van der Waals surface area contributed by atoms with Crippen LogP contribution >= 0.6 is 0 Å². The summed E-state index contributed by atoms with van der Waals surface area (Å²) >= 11 is 0. The van der Waals surface area contributed by atoms with Crippen molar-refractivity contribution in [2.45, 2.75) is 45.1 Å². The van der Waals surface area contributed by atoms with Gasteiger partial charge in [-0.25, -0.2) is 13.6 Å². The number of aliphatic carboxylic acids is 1. The Morgan fingerprint density at radius 2 is 1.80 bits per heavy atom. The molecule has 0 heterocycles. The number of carboxylic acids is 1. The number of halogens is 2. The number of ether oxygens (including phenoxy) is 1. The molecular weight excluding hydrogens is 272 g/mol. The van der Waals surface area contributed by atoms with E-state index in [2.05, 4.69) is 5.32 Å². The summed E-state index contributed by atoms with van der Waals surface area (Å²) in [5.41, 5.74) is -1.99. The quantitative estimate of drug-likeness (QED) is 0.836. The van der Waals surface area contributed by atoms with E-state index < -0.39 is 40.8 Å². The van der Waals surface area contributed by atoms with E-state index in [0.29, 0.717) is 0 Å². The minimum Gasteiger partial charge on any atom is -0.481 e. The molecule has 7 heteroatoms. The molecule has 0 aromatic heterocycles. The number of rotatable bonds is 3. The number of alkyl carbamates (subject to hydrolysis) is 1. The maximum Gasteiger partial charge on any atom is 0.407 e. The highest BCUT2D eigenvalue weighted by Crippen LogP contribution is 2.69. The van der Waals surface area contributed by atoms with E-state index in [1.807, 2.05) is 0 Å². The van der Waals surface area contributed by atoms with E-state index in [4.69, 9.17) is 4.74 Å². The van der Waals surface area contributed by atoms with Gasteiger partial charge in [0.2, 0.25) is 0 Å². The average molecular weight is 291 g/mol. The second-order valence-electron chi connectivity index (χ2n) is 6.74. The third kappa shape index (κ3) is 2.58. The van der Waals surface area contributed by atoms with Crippen molar-refractivity contribution in [3.05, 3.63) is 0 Å². The zero-order valence-electron chi connectivity index (χ0n) is 11.7. The largest absolute Gasteiger partial charge is 0.481 e. The predicted molar refractivity (Wildman–Crippen MR) is 65.5 cm³/mol. The van der Waals surface area contributed by atoms with Crippen LogP contribution in [0.25, 0.3) is 0 Å². The topological polar surface area (TPSA) is 75.6 Å². The highest BCUT2D eigenvalue weighted by molar-refractivity contribution is 5.77. The number of hydrogen-bond acceptors (Lipinski definition) is 3. The third-order valence-electron chi connectivity index (χ3n) is 4.01. The van der Waals surface area contributed by atoms with Gasteiger partial charge in [-0.2, -0.15) is 0 Å². The molecule has 0 aromatic carbocycles. The van der Waals surface area contributed by atoms with Crippen molar-refractivity contribution >= 4 is 12.1 Å². The molecule has 2 atom stereocenters. The predicted octanol–water partition coefficient (Wildman–Crippen LogP) is 2.26. The Labute approximate surface area is 115 Å². The fraction of sp³-hybridized carbons (Fsp3) is 0.846. The number of carbonyl (C=O) groups excluding carboxylic acids is 1. The zero-order chi connectivity index (χ0) is 15.3. The molecule has 2 aliphatic carbocycles. The van der Waals surface area contributed by atoms with E-state index in [1.54, 1.807) is 20.8 Å². The van der Waals surface area contributed by atoms with Crippen LogP contribution in [0.1, 0.15) is 33.6 Å². The molecule has 2 fully saturated rings. The molecule has 0 bridgehead atoms. The van der Waals surface area contributed by atoms with Gasteiger partial charge in [-0.3, -0.25) is 4.79 Å². The number of carbonyl (C=O) groups is 2. The smallest absolute Gasteiger partial charge is 0.407 e. The van der Waals surface area contributed by atoms with E-state index in [0.717, 1.165) is 0 Å². The van der Waals surface area contributed by atoms with Gasteiger partial charge in [-0.15, -0.1) is 0 Å². The second kappa shape index (κ2) is 4.30. The lowest BCUT2D eigenvalue weighted by Crippen LogP contribution is -2.44. The van der Waals surface area contributed by atoms with Crippen LogP contribution in [0, 0.1) is 17.3 Å². The van der Waals surface area contributed by atoms with Crippen molar-refractivity contribution in [1.82, 2.24) is 5.32 Å². The molecule has 0 radical (unpaired) electrons. The van der Waals surface area contributed by atoms with Crippen molar-refractivity contribution in [3.63, 3.8) is 0 Å². The van der Waals surface area contributed by atoms with Gasteiger partial charge in [0.15, 0.2) is 0 Å². The number of fused-ring (bicyclic) bond motifs is 1. The lowest BCUT2D eigenvalue weighted by Gasteiger charge is -2.28. The minimum absolute atomic E-state index is 0.101. The maximum absolute atomic E-state index is 13.2. The average Bonchev–Trinajstić information content (AvgIpc) is 2.66. The van der Waals surface area contributed by atoms with Crippen molar-refractivity contribution in [1.29, 1.82) is 0 Å². The summed E-state index contributed by atoms with van der Waals surface area (Å²) in [7, 11) is 0. The SMILES string of the molecule is CC(C)(C)OC(=O)NCC1(C(=O)O)CC2C(C1)C2(F)F. The van der Waals surface area contributed by atoms with Gasteiger partial charge in [0.05, 0.1) is 5.41 Å². The maximum atomic E-state index is 13.2. The first-order valence-corrected chi connectivity index (χ1v) is 6.56. The fourth-order valence-corrected chi connectivity index (χ4v) is 2.89. The van der Waals surface area contributed by atoms with Crippen LogP contribution < -0.4 is 5.32 Å². The lowest BCUT2D eigenvalue weighted by atomic mass is 9.82. The van der Waals surface area contributed by atoms with E-state index in [1.165, 1.54) is 0 Å². The molecule has 2 N–H and O–H groups in total. The van der Waals surface area contributed by atoms with E-state index in [-0.39, 0.29) is 19.4 Å². The number of nitrogens with one attached hydrogen (secondary N) is 1. The molecule has 2 rings (SSSR count). The molecular formula is C13H19F2NO4. The van der Waals surface area contributed by atoms with Crippen LogP contribution in [0.5, 0.6) is 0 Å². The van der Waals surface area contributed by atoms with Crippen LogP contribution in [0.4, 0.5) is 13.6 Å². The number of hydrogen-bond donors (Lipinski definition) is 2. The number of carboxylic acid groups (broad SMARTS) is 1. The van der Waals surface area contributed by atoms with Gasteiger partial charge in [0.25, 0.3) is 5.92 Å². The molecule has 1 amide bonds. The van der Waals surface area contributed by atoms with E-state index >= 15 is 0 Å². The van der Waals surface area contributed by atoms with Crippen LogP contribution in [-0.4, -0.2) is 35.2 Å². The summed E-state index contributed by atoms with van der Waals surface area (Å²) in [6.45, 7) is 4.88. The van der Waals surface area contributed by atoms with Gasteiger partial charge < -0.3 is 15.2 Å². The fourth-order valence-electron chi connectivity index (χ4n) is 2.89. The Morgan fingerprint density at radius 3 is 2.20 bits per heavy atom. The monoisotopic (exact) mass is 291 g/mol. The number of amides is 1. The molecule has 0 aromatic rings. The molecule has 0 spiro atoms. The molecule has 2 saturated carbocycles. The van der Waals surface area contributed by atoms with Gasteiger partial charge in [-0.1, -0.05) is 0 Å². The summed E-state index contributed by atoms with van der Waals surface area (Å²) in [6, 6.07) is 0. The highest BCUT2D eigenvalue weighted by atomic mass is 19.3. The van der Waals surface area contributed by atoms with Crippen molar-refractivity contribution in [2.75, 3.05) is 6.54 Å². The summed E-state index contributed by atoms with van der Waals surface area (Å²) in [5.74, 6) is -5.60. The minimum atomic E-state index is -2.73. The molecule has 114 valence electrons. The summed E-state index contributed by atoms with van der Waals surface area (Å²) in [5, 5.41) is 11.7. The normalized spacial score (nSPS) is 34.2. The highest BCUT2D eigenvalue weighted by Gasteiger charge is 2.76. The van der Waals surface area contributed by atoms with Crippen molar-refractivity contribution < 1.29 is 28.2 Å². The summed E-state index contributed by atoms with van der Waals surface area (Å²) < 4.78 is 31.3. The van der Waals surface area contributed by atoms with Crippen LogP contribution in [-0.2, 0) is 9.53 Å². The van der Waals surface area contributed by atoms with Gasteiger partial charge in [0.1, 0.15) is 5.60 Å². The second-order valence-corrected chi connectivity index (χ2v) is 6.74. The third-order valence-corrected chi connectivity index (χ3v) is 4.01. The molecule has 2 unspecified atom stereocenters. The van der Waals surface area contributed by atoms with Crippen LogP contribution in [0.3, 0.4) is 0 Å². The molecule has 0 saturated heterocycles. The van der Waals surface area contributed by atoms with Crippen LogP contribution in [0.15, 0.2) is 0 Å². The van der Waals surface area contributed by atoms with Gasteiger partial charge in [0, 0.05) is 18.4 Å². The standard InChI is InChI=1S/C13H19F2NO4/c1-11(2,3)20-10(19)16-6-12(9(17)18)4-7-8(5-12)13(7,14)15/h7-8H,4-6H2,1-3H3,(H,16,19)(H,17,18). The molecule has 2 aliphatic rings. The molecule has 0 aliphatic heterocycles. The number of alkyl halides is 2. The Bertz CT molecular complexity index is 430. The van der Waals surface area contributed by atoms with Gasteiger partial charge >= 0.3 is 12.1 Å². The Morgan fingerprint density at radius 1 is 1.30 bits per heavy atom. The first-order chi connectivity index (χ1) is 8.98. The zero-order valence-corrected chi connectivity index (χ0v) is 11.7. The Kier molecular flexibility index (Phi) is 3.22. The van der Waals surface area contributed by atoms with Crippen molar-refractivity contribution in [2.24, 2.45) is 17.3 Å². The lowest BCUT2D eigenvalue weighted by molar-refractivity contribution is -0.150. The van der Waals surface area contributed by atoms with Crippen LogP contribution in [0.2, 0.25) is 0 Å². The molecule has 5 nitrogen and oxygen atoms in total. The Hall–Kier alpha value is -1.40. The first-order valence-electron chi connectivity index (χ1n) is 6.56. The Balaban J connectivity index is 1.93. The molecule has 20 heavy (non-hydrogen) atoms. The first kappa shape index (κ1) is 15.0.